The minimum atomic E-state index is -0.975. The maximum absolute atomic E-state index is 13.0. The van der Waals surface area contributed by atoms with Gasteiger partial charge in [0.1, 0.15) is 5.65 Å². The van der Waals surface area contributed by atoms with Gasteiger partial charge < -0.3 is 9.84 Å². The van der Waals surface area contributed by atoms with Gasteiger partial charge in [0, 0.05) is 6.20 Å². The van der Waals surface area contributed by atoms with E-state index >= 15 is 0 Å². The molecule has 0 saturated carbocycles. The first-order chi connectivity index (χ1) is 17.1. The standard InChI is InChI=1S/C30H32N2O4/c1-6-9-22-18-32-25(17-12-19(2)27(32)31-22)26(36-29(35)30(3,4)5)21-15-13-20(14-16-21)23-10-7-8-11-24(23)28(33)34/h7-8,10-18,26H,6,9H2,1-5H3,(H,33,34). The Hall–Kier alpha value is -3.93. The maximum atomic E-state index is 13.0. The number of pyridine rings is 1. The van der Waals surface area contributed by atoms with Crippen LogP contribution in [0.15, 0.2) is 66.9 Å². The van der Waals surface area contributed by atoms with Crippen LogP contribution in [0.25, 0.3) is 16.8 Å². The summed E-state index contributed by atoms with van der Waals surface area (Å²) in [7, 11) is 0. The summed E-state index contributed by atoms with van der Waals surface area (Å²) in [5, 5.41) is 9.59. The van der Waals surface area contributed by atoms with Crippen molar-refractivity contribution in [1.82, 2.24) is 9.38 Å². The number of aryl methyl sites for hydroxylation is 2. The molecule has 4 rings (SSSR count). The first kappa shape index (κ1) is 25.2. The van der Waals surface area contributed by atoms with E-state index in [-0.39, 0.29) is 11.5 Å². The van der Waals surface area contributed by atoms with Crippen molar-refractivity contribution in [3.63, 3.8) is 0 Å². The number of carboxylic acids is 1. The minimum absolute atomic E-state index is 0.239. The molecule has 186 valence electrons. The van der Waals surface area contributed by atoms with Crippen LogP contribution in [-0.2, 0) is 16.0 Å². The number of aromatic nitrogens is 2. The Kier molecular flexibility index (Phi) is 6.97. The first-order valence-electron chi connectivity index (χ1n) is 12.2. The third-order valence-electron chi connectivity index (χ3n) is 6.18. The lowest BCUT2D eigenvalue weighted by Gasteiger charge is -2.25. The number of nitrogens with zero attached hydrogens (tertiary/aromatic N) is 2. The number of imidazole rings is 1. The molecule has 0 amide bonds. The van der Waals surface area contributed by atoms with Crippen molar-refractivity contribution in [3.8, 4) is 11.1 Å². The molecule has 6 nitrogen and oxygen atoms in total. The van der Waals surface area contributed by atoms with Crippen LogP contribution in [0.5, 0.6) is 0 Å². The lowest BCUT2D eigenvalue weighted by Crippen LogP contribution is -2.26. The zero-order valence-electron chi connectivity index (χ0n) is 21.4. The smallest absolute Gasteiger partial charge is 0.336 e. The number of ether oxygens (including phenoxy) is 1. The van der Waals surface area contributed by atoms with E-state index in [9.17, 15) is 14.7 Å². The number of carbonyl (C=O) groups is 2. The molecular weight excluding hydrogens is 452 g/mol. The summed E-state index contributed by atoms with van der Waals surface area (Å²) in [5.74, 6) is -1.29. The van der Waals surface area contributed by atoms with Gasteiger partial charge in [-0.2, -0.15) is 0 Å². The second-order valence-corrected chi connectivity index (χ2v) is 10.1. The van der Waals surface area contributed by atoms with Gasteiger partial charge in [0.25, 0.3) is 0 Å². The van der Waals surface area contributed by atoms with E-state index < -0.39 is 17.5 Å². The number of carboxylic acid groups (broad SMARTS) is 1. The van der Waals surface area contributed by atoms with Crippen LogP contribution in [0, 0.1) is 12.3 Å². The summed E-state index contributed by atoms with van der Waals surface area (Å²) in [6.07, 6.45) is 3.22. The fourth-order valence-electron chi connectivity index (χ4n) is 4.20. The summed E-state index contributed by atoms with van der Waals surface area (Å²) < 4.78 is 8.15. The fraction of sp³-hybridized carbons (Fsp3) is 0.300. The Morgan fingerprint density at radius 3 is 2.36 bits per heavy atom. The van der Waals surface area contributed by atoms with Gasteiger partial charge in [-0.3, -0.25) is 9.20 Å². The van der Waals surface area contributed by atoms with Gasteiger partial charge >= 0.3 is 11.9 Å². The summed E-state index contributed by atoms with van der Waals surface area (Å²) >= 11 is 0. The zero-order chi connectivity index (χ0) is 26.0. The summed E-state index contributed by atoms with van der Waals surface area (Å²) in [4.78, 5) is 29.5. The van der Waals surface area contributed by atoms with Crippen molar-refractivity contribution in [2.24, 2.45) is 5.41 Å². The van der Waals surface area contributed by atoms with Crippen LogP contribution in [-0.4, -0.2) is 26.4 Å². The lowest BCUT2D eigenvalue weighted by atomic mass is 9.95. The van der Waals surface area contributed by atoms with Crippen molar-refractivity contribution < 1.29 is 19.4 Å². The van der Waals surface area contributed by atoms with E-state index in [1.807, 2.05) is 80.8 Å². The molecule has 0 aliphatic heterocycles. The number of hydrogen-bond donors (Lipinski definition) is 1. The second kappa shape index (κ2) is 9.97. The summed E-state index contributed by atoms with van der Waals surface area (Å²) in [6, 6.07) is 18.4. The zero-order valence-corrected chi connectivity index (χ0v) is 21.4. The van der Waals surface area contributed by atoms with E-state index in [4.69, 9.17) is 9.72 Å². The number of fused-ring (bicyclic) bond motifs is 1. The average molecular weight is 485 g/mol. The number of hydrogen-bond acceptors (Lipinski definition) is 4. The summed E-state index contributed by atoms with van der Waals surface area (Å²) in [5.41, 5.74) is 5.46. The minimum Gasteiger partial charge on any atom is -0.478 e. The van der Waals surface area contributed by atoms with Gasteiger partial charge in [-0.25, -0.2) is 9.78 Å². The molecule has 0 fully saturated rings. The molecule has 0 bridgehead atoms. The second-order valence-electron chi connectivity index (χ2n) is 10.1. The molecule has 0 aliphatic rings. The van der Waals surface area contributed by atoms with Crippen molar-refractivity contribution in [2.45, 2.75) is 53.6 Å². The van der Waals surface area contributed by atoms with Crippen LogP contribution in [0.2, 0.25) is 0 Å². The third kappa shape index (κ3) is 5.03. The molecule has 1 atom stereocenters. The molecule has 2 aromatic heterocycles. The molecule has 0 radical (unpaired) electrons. The Morgan fingerprint density at radius 1 is 1.03 bits per heavy atom. The number of benzene rings is 2. The molecule has 2 aromatic carbocycles. The van der Waals surface area contributed by atoms with Gasteiger partial charge in [-0.1, -0.05) is 61.9 Å². The Bertz CT molecular complexity index is 1410. The van der Waals surface area contributed by atoms with Gasteiger partial charge in [0.15, 0.2) is 6.10 Å². The monoisotopic (exact) mass is 484 g/mol. The van der Waals surface area contributed by atoms with Crippen molar-refractivity contribution in [2.75, 3.05) is 0 Å². The topological polar surface area (TPSA) is 80.9 Å². The number of esters is 1. The normalized spacial score (nSPS) is 12.5. The predicted octanol–water partition coefficient (Wildman–Crippen LogP) is 6.64. The molecule has 0 spiro atoms. The van der Waals surface area contributed by atoms with Crippen LogP contribution in [0.3, 0.4) is 0 Å². The molecule has 1 unspecified atom stereocenters. The number of carbonyl (C=O) groups excluding carboxylic acids is 1. The van der Waals surface area contributed by atoms with Crippen LogP contribution < -0.4 is 0 Å². The van der Waals surface area contributed by atoms with Gasteiger partial charge in [0.2, 0.25) is 0 Å². The molecule has 0 saturated heterocycles. The highest BCUT2D eigenvalue weighted by molar-refractivity contribution is 5.96. The van der Waals surface area contributed by atoms with E-state index in [1.165, 1.54) is 0 Å². The molecule has 0 aliphatic carbocycles. The number of aromatic carboxylic acids is 1. The predicted molar refractivity (Wildman–Crippen MR) is 140 cm³/mol. The molecule has 36 heavy (non-hydrogen) atoms. The van der Waals surface area contributed by atoms with E-state index in [1.54, 1.807) is 18.2 Å². The summed E-state index contributed by atoms with van der Waals surface area (Å²) in [6.45, 7) is 9.64. The highest BCUT2D eigenvalue weighted by Gasteiger charge is 2.29. The van der Waals surface area contributed by atoms with Crippen LogP contribution >= 0.6 is 0 Å². The Balaban J connectivity index is 1.82. The molecular formula is C30H32N2O4. The molecule has 6 heteroatoms. The van der Waals surface area contributed by atoms with E-state index in [2.05, 4.69) is 6.92 Å². The molecule has 2 heterocycles. The van der Waals surface area contributed by atoms with Crippen LogP contribution in [0.4, 0.5) is 0 Å². The van der Waals surface area contributed by atoms with Gasteiger partial charge in [0.05, 0.1) is 22.4 Å². The van der Waals surface area contributed by atoms with Gasteiger partial charge in [-0.05, 0) is 68.5 Å². The molecule has 1 N–H and O–H groups in total. The average Bonchev–Trinajstić information content (AvgIpc) is 3.27. The van der Waals surface area contributed by atoms with E-state index in [0.29, 0.717) is 5.56 Å². The maximum Gasteiger partial charge on any atom is 0.336 e. The quantitative estimate of drug-likeness (QED) is 0.297. The van der Waals surface area contributed by atoms with Crippen molar-refractivity contribution in [3.05, 3.63) is 94.9 Å². The van der Waals surface area contributed by atoms with Crippen molar-refractivity contribution >= 4 is 17.6 Å². The highest BCUT2D eigenvalue weighted by atomic mass is 16.5. The van der Waals surface area contributed by atoms with Gasteiger partial charge in [-0.15, -0.1) is 0 Å². The van der Waals surface area contributed by atoms with Crippen LogP contribution in [0.1, 0.15) is 73.1 Å². The van der Waals surface area contributed by atoms with E-state index in [0.717, 1.165) is 46.6 Å². The molecule has 4 aromatic rings. The largest absolute Gasteiger partial charge is 0.478 e. The highest BCUT2D eigenvalue weighted by Crippen LogP contribution is 2.33. The first-order valence-corrected chi connectivity index (χ1v) is 12.2. The SMILES string of the molecule is CCCc1cn2c(C(OC(=O)C(C)(C)C)c3ccc(-c4ccccc4C(=O)O)cc3)ccc(C)c2n1. The Labute approximate surface area is 211 Å². The van der Waals surface area contributed by atoms with Crippen molar-refractivity contribution in [1.29, 1.82) is 0 Å². The number of rotatable bonds is 7. The lowest BCUT2D eigenvalue weighted by molar-refractivity contribution is -0.157. The third-order valence-corrected chi connectivity index (χ3v) is 6.18. The fourth-order valence-corrected chi connectivity index (χ4v) is 4.20. The Morgan fingerprint density at radius 2 is 1.72 bits per heavy atom.